The van der Waals surface area contributed by atoms with Gasteiger partial charge in [-0.15, -0.1) is 12.4 Å². The molecule has 20 heavy (non-hydrogen) atoms. The molecular formula is C14H21Cl2FN2O. The highest BCUT2D eigenvalue weighted by atomic mass is 35.5. The Morgan fingerprint density at radius 3 is 2.65 bits per heavy atom. The highest BCUT2D eigenvalue weighted by Gasteiger charge is 2.24. The van der Waals surface area contributed by atoms with Crippen molar-refractivity contribution in [3.8, 4) is 0 Å². The van der Waals surface area contributed by atoms with E-state index in [9.17, 15) is 9.18 Å². The fraction of sp³-hybridized carbons (Fsp3) is 0.500. The van der Waals surface area contributed by atoms with Crippen molar-refractivity contribution in [2.45, 2.75) is 32.1 Å². The van der Waals surface area contributed by atoms with Gasteiger partial charge >= 0.3 is 0 Å². The molecule has 6 heteroatoms. The Balaban J connectivity index is 0.00000361. The molecule has 0 unspecified atom stereocenters. The number of amides is 1. The summed E-state index contributed by atoms with van der Waals surface area (Å²) < 4.78 is 13.0. The SMILES string of the molecule is CC(C)(CNC(=O)CCCN)c1ccc(F)cc1Cl.Cl. The van der Waals surface area contributed by atoms with Gasteiger partial charge < -0.3 is 11.1 Å². The molecular weight excluding hydrogens is 302 g/mol. The Kier molecular flexibility index (Phi) is 8.09. The number of carbonyl (C=O) groups excluding carboxylic acids is 1. The number of rotatable bonds is 6. The Labute approximate surface area is 130 Å². The van der Waals surface area contributed by atoms with E-state index in [1.807, 2.05) is 13.8 Å². The average molecular weight is 323 g/mol. The summed E-state index contributed by atoms with van der Waals surface area (Å²) in [6, 6.07) is 4.32. The highest BCUT2D eigenvalue weighted by molar-refractivity contribution is 6.31. The second-order valence-electron chi connectivity index (χ2n) is 5.18. The lowest BCUT2D eigenvalue weighted by Crippen LogP contribution is -2.37. The summed E-state index contributed by atoms with van der Waals surface area (Å²) in [4.78, 5) is 11.6. The lowest BCUT2D eigenvalue weighted by Gasteiger charge is -2.26. The highest BCUT2D eigenvalue weighted by Crippen LogP contribution is 2.29. The van der Waals surface area contributed by atoms with Crippen molar-refractivity contribution < 1.29 is 9.18 Å². The fourth-order valence-electron chi connectivity index (χ4n) is 1.80. The molecule has 1 rings (SSSR count). The molecule has 1 amide bonds. The Morgan fingerprint density at radius 1 is 1.45 bits per heavy atom. The van der Waals surface area contributed by atoms with Gasteiger partial charge in [0.25, 0.3) is 0 Å². The van der Waals surface area contributed by atoms with Gasteiger partial charge in [-0.25, -0.2) is 4.39 Å². The standard InChI is InChI=1S/C14H20ClFN2O.ClH/c1-14(2,9-18-13(19)4-3-7-17)11-6-5-10(16)8-12(11)15;/h5-6,8H,3-4,7,9,17H2,1-2H3,(H,18,19);1H. The Morgan fingerprint density at radius 2 is 2.10 bits per heavy atom. The van der Waals surface area contributed by atoms with Gasteiger partial charge in [0.2, 0.25) is 5.91 Å². The van der Waals surface area contributed by atoms with Gasteiger partial charge in [0.05, 0.1) is 0 Å². The molecule has 0 atom stereocenters. The largest absolute Gasteiger partial charge is 0.355 e. The van der Waals surface area contributed by atoms with E-state index < -0.39 is 0 Å². The fourth-order valence-corrected chi connectivity index (χ4v) is 2.23. The molecule has 3 N–H and O–H groups in total. The van der Waals surface area contributed by atoms with Crippen molar-refractivity contribution in [3.63, 3.8) is 0 Å². The summed E-state index contributed by atoms with van der Waals surface area (Å²) in [5.41, 5.74) is 5.81. The molecule has 0 bridgehead atoms. The van der Waals surface area contributed by atoms with Gasteiger partial charge in [-0.2, -0.15) is 0 Å². The summed E-state index contributed by atoms with van der Waals surface area (Å²) in [5, 5.41) is 3.23. The zero-order chi connectivity index (χ0) is 14.5. The van der Waals surface area contributed by atoms with Crippen LogP contribution in [-0.4, -0.2) is 19.0 Å². The van der Waals surface area contributed by atoms with Crippen molar-refractivity contribution >= 4 is 29.9 Å². The van der Waals surface area contributed by atoms with Crippen molar-refractivity contribution in [1.29, 1.82) is 0 Å². The van der Waals surface area contributed by atoms with Gasteiger partial charge in [0.15, 0.2) is 0 Å². The first-order valence-electron chi connectivity index (χ1n) is 6.29. The summed E-state index contributed by atoms with van der Waals surface area (Å²) in [6.45, 7) is 4.85. The van der Waals surface area contributed by atoms with E-state index in [4.69, 9.17) is 17.3 Å². The van der Waals surface area contributed by atoms with Crippen LogP contribution in [0.4, 0.5) is 4.39 Å². The molecule has 0 aliphatic carbocycles. The van der Waals surface area contributed by atoms with Crippen LogP contribution in [0.5, 0.6) is 0 Å². The minimum absolute atomic E-state index is 0. The van der Waals surface area contributed by atoms with Crippen molar-refractivity contribution in [2.24, 2.45) is 5.73 Å². The Bertz CT molecular complexity index is 453. The summed E-state index contributed by atoms with van der Waals surface area (Å²) >= 11 is 6.04. The molecule has 0 saturated carbocycles. The van der Waals surface area contributed by atoms with Crippen LogP contribution in [-0.2, 0) is 10.2 Å². The molecule has 0 saturated heterocycles. The van der Waals surface area contributed by atoms with Crippen LogP contribution in [0.15, 0.2) is 18.2 Å². The molecule has 1 aromatic carbocycles. The minimum atomic E-state index is -0.364. The lowest BCUT2D eigenvalue weighted by molar-refractivity contribution is -0.121. The third-order valence-corrected chi connectivity index (χ3v) is 3.31. The van der Waals surface area contributed by atoms with Crippen molar-refractivity contribution in [2.75, 3.05) is 13.1 Å². The van der Waals surface area contributed by atoms with Crippen LogP contribution < -0.4 is 11.1 Å². The maximum Gasteiger partial charge on any atom is 0.220 e. The number of hydrogen-bond acceptors (Lipinski definition) is 2. The molecule has 0 spiro atoms. The zero-order valence-electron chi connectivity index (χ0n) is 11.7. The van der Waals surface area contributed by atoms with Crippen LogP contribution in [0.25, 0.3) is 0 Å². The van der Waals surface area contributed by atoms with E-state index in [-0.39, 0.29) is 29.5 Å². The van der Waals surface area contributed by atoms with E-state index in [2.05, 4.69) is 5.32 Å². The average Bonchev–Trinajstić information content (AvgIpc) is 2.33. The molecule has 0 radical (unpaired) electrons. The predicted molar refractivity (Wildman–Crippen MR) is 83.0 cm³/mol. The van der Waals surface area contributed by atoms with Crippen molar-refractivity contribution in [3.05, 3.63) is 34.6 Å². The normalized spacial score (nSPS) is 10.8. The van der Waals surface area contributed by atoms with Crippen LogP contribution in [0.2, 0.25) is 5.02 Å². The second-order valence-corrected chi connectivity index (χ2v) is 5.58. The van der Waals surface area contributed by atoms with Crippen LogP contribution in [0.1, 0.15) is 32.3 Å². The summed E-state index contributed by atoms with van der Waals surface area (Å²) in [6.07, 6.45) is 1.09. The van der Waals surface area contributed by atoms with Gasteiger partial charge in [-0.05, 0) is 30.7 Å². The van der Waals surface area contributed by atoms with Gasteiger partial charge in [-0.3, -0.25) is 4.79 Å². The van der Waals surface area contributed by atoms with E-state index in [1.165, 1.54) is 12.1 Å². The molecule has 0 heterocycles. The summed E-state index contributed by atoms with van der Waals surface area (Å²) in [7, 11) is 0. The van der Waals surface area contributed by atoms with Gasteiger partial charge in [0.1, 0.15) is 5.82 Å². The number of benzene rings is 1. The lowest BCUT2D eigenvalue weighted by atomic mass is 9.84. The third kappa shape index (κ3) is 5.65. The van der Waals surface area contributed by atoms with Crippen LogP contribution in [0.3, 0.4) is 0 Å². The molecule has 1 aromatic rings. The van der Waals surface area contributed by atoms with Crippen LogP contribution in [0, 0.1) is 5.82 Å². The number of halogens is 3. The number of nitrogens with two attached hydrogens (primary N) is 1. The van der Waals surface area contributed by atoms with Gasteiger partial charge in [-0.1, -0.05) is 31.5 Å². The van der Waals surface area contributed by atoms with Crippen molar-refractivity contribution in [1.82, 2.24) is 5.32 Å². The maximum atomic E-state index is 13.0. The third-order valence-electron chi connectivity index (χ3n) is 3.00. The first kappa shape index (κ1) is 19.2. The van der Waals surface area contributed by atoms with E-state index in [1.54, 1.807) is 6.07 Å². The molecule has 114 valence electrons. The number of hydrogen-bond donors (Lipinski definition) is 2. The van der Waals surface area contributed by atoms with E-state index >= 15 is 0 Å². The molecule has 0 aliphatic heterocycles. The summed E-state index contributed by atoms with van der Waals surface area (Å²) in [5.74, 6) is -0.395. The molecule has 0 fully saturated rings. The first-order chi connectivity index (χ1) is 8.86. The van der Waals surface area contributed by atoms with E-state index in [0.29, 0.717) is 31.0 Å². The first-order valence-corrected chi connectivity index (χ1v) is 6.67. The van der Waals surface area contributed by atoms with Crippen LogP contribution >= 0.6 is 24.0 Å². The molecule has 0 aromatic heterocycles. The Hall–Kier alpha value is -0.840. The minimum Gasteiger partial charge on any atom is -0.355 e. The second kappa shape index (κ2) is 8.45. The smallest absolute Gasteiger partial charge is 0.220 e. The number of nitrogens with one attached hydrogen (secondary N) is 1. The topological polar surface area (TPSA) is 55.1 Å². The molecule has 0 aliphatic rings. The monoisotopic (exact) mass is 322 g/mol. The predicted octanol–water partition coefficient (Wildman–Crippen LogP) is 3.03. The molecule has 3 nitrogen and oxygen atoms in total. The quantitative estimate of drug-likeness (QED) is 0.845. The number of carbonyl (C=O) groups is 1. The maximum absolute atomic E-state index is 13.0. The van der Waals surface area contributed by atoms with E-state index in [0.717, 1.165) is 5.56 Å². The zero-order valence-corrected chi connectivity index (χ0v) is 13.3. The van der Waals surface area contributed by atoms with Gasteiger partial charge in [0, 0.05) is 23.4 Å².